The van der Waals surface area contributed by atoms with E-state index < -0.39 is 5.97 Å². The van der Waals surface area contributed by atoms with Crippen LogP contribution < -0.4 is 10.6 Å². The number of thioether (sulfide) groups is 1. The summed E-state index contributed by atoms with van der Waals surface area (Å²) < 4.78 is 0. The van der Waals surface area contributed by atoms with Crippen LogP contribution in [0, 0.1) is 0 Å². The van der Waals surface area contributed by atoms with Crippen LogP contribution >= 0.6 is 11.8 Å². The summed E-state index contributed by atoms with van der Waals surface area (Å²) in [6, 6.07) is 2.98. The molecule has 0 aromatic carbocycles. The molecule has 0 saturated carbocycles. The third kappa shape index (κ3) is 5.27. The summed E-state index contributed by atoms with van der Waals surface area (Å²) in [5.74, 6) is -0.978. The van der Waals surface area contributed by atoms with Gasteiger partial charge in [0.25, 0.3) is 11.8 Å². The molecule has 0 fully saturated rings. The van der Waals surface area contributed by atoms with Gasteiger partial charge in [-0.15, -0.1) is 11.8 Å². The summed E-state index contributed by atoms with van der Waals surface area (Å²) in [6.45, 7) is 0.369. The van der Waals surface area contributed by atoms with Crippen LogP contribution in [0.1, 0.15) is 20.8 Å². The van der Waals surface area contributed by atoms with Crippen LogP contribution in [0.3, 0.4) is 0 Å². The number of hydrogen-bond acceptors (Lipinski definition) is 5. The summed E-state index contributed by atoms with van der Waals surface area (Å²) in [5.41, 5.74) is 0.585. The molecule has 0 spiro atoms. The summed E-state index contributed by atoms with van der Waals surface area (Å²) in [4.78, 5) is 37.1. The minimum atomic E-state index is -0.879. The van der Waals surface area contributed by atoms with E-state index in [1.807, 2.05) is 0 Å². The molecule has 0 aliphatic carbocycles. The number of carbonyl (C=O) groups excluding carboxylic acids is 2. The topological polar surface area (TPSA) is 108 Å². The van der Waals surface area contributed by atoms with Gasteiger partial charge in [0.2, 0.25) is 0 Å². The lowest BCUT2D eigenvalue weighted by molar-refractivity contribution is -0.133. The number of aromatic nitrogens is 1. The first-order chi connectivity index (χ1) is 9.54. The zero-order chi connectivity index (χ0) is 15.0. The Kier molecular flexibility index (Phi) is 6.51. The van der Waals surface area contributed by atoms with Crippen LogP contribution in [0.5, 0.6) is 0 Å². The van der Waals surface area contributed by atoms with Crippen molar-refractivity contribution in [1.29, 1.82) is 0 Å². The highest BCUT2D eigenvalue weighted by molar-refractivity contribution is 7.99. The number of rotatable bonds is 7. The second-order valence-corrected chi connectivity index (χ2v) is 4.82. The Morgan fingerprint density at radius 1 is 1.30 bits per heavy atom. The first-order valence-electron chi connectivity index (χ1n) is 5.80. The van der Waals surface area contributed by atoms with Crippen LogP contribution in [0.4, 0.5) is 0 Å². The molecule has 0 saturated heterocycles. The Labute approximate surface area is 120 Å². The normalized spacial score (nSPS) is 9.85. The Bertz CT molecular complexity index is 490. The minimum absolute atomic E-state index is 0.0122. The minimum Gasteiger partial charge on any atom is -0.481 e. The number of amides is 2. The van der Waals surface area contributed by atoms with Gasteiger partial charge in [0.15, 0.2) is 0 Å². The van der Waals surface area contributed by atoms with Crippen molar-refractivity contribution in [3.8, 4) is 0 Å². The smallest absolute Gasteiger partial charge is 0.313 e. The average molecular weight is 297 g/mol. The maximum absolute atomic E-state index is 11.7. The summed E-state index contributed by atoms with van der Waals surface area (Å²) in [6.07, 6.45) is 1.32. The van der Waals surface area contributed by atoms with Gasteiger partial charge in [0.05, 0.1) is 11.3 Å². The monoisotopic (exact) mass is 297 g/mol. The molecule has 0 bridgehead atoms. The summed E-state index contributed by atoms with van der Waals surface area (Å²) in [7, 11) is 1.50. The Morgan fingerprint density at radius 2 is 2.05 bits per heavy atom. The number of carboxylic acid groups (broad SMARTS) is 1. The van der Waals surface area contributed by atoms with E-state index in [4.69, 9.17) is 5.11 Å². The van der Waals surface area contributed by atoms with Crippen molar-refractivity contribution >= 4 is 29.5 Å². The van der Waals surface area contributed by atoms with Gasteiger partial charge in [-0.05, 0) is 12.1 Å². The number of carboxylic acids is 1. The molecule has 108 valence electrons. The lowest BCUT2D eigenvalue weighted by atomic mass is 10.2. The van der Waals surface area contributed by atoms with E-state index in [2.05, 4.69) is 15.6 Å². The van der Waals surface area contributed by atoms with E-state index in [-0.39, 0.29) is 23.3 Å². The Balaban J connectivity index is 2.40. The molecule has 8 heteroatoms. The zero-order valence-corrected chi connectivity index (χ0v) is 11.7. The molecule has 0 unspecified atom stereocenters. The van der Waals surface area contributed by atoms with Gasteiger partial charge in [-0.2, -0.15) is 0 Å². The third-order valence-electron chi connectivity index (χ3n) is 2.24. The van der Waals surface area contributed by atoms with Crippen LogP contribution in [-0.4, -0.2) is 53.0 Å². The third-order valence-corrected chi connectivity index (χ3v) is 3.19. The van der Waals surface area contributed by atoms with Crippen LogP contribution in [-0.2, 0) is 4.79 Å². The van der Waals surface area contributed by atoms with Crippen LogP contribution in [0.2, 0.25) is 0 Å². The van der Waals surface area contributed by atoms with Gasteiger partial charge < -0.3 is 15.7 Å². The summed E-state index contributed by atoms with van der Waals surface area (Å²) >= 11 is 1.23. The predicted octanol–water partition coefficient (Wildman–Crippen LogP) is -0.0112. The predicted molar refractivity (Wildman–Crippen MR) is 74.9 cm³/mol. The van der Waals surface area contributed by atoms with E-state index >= 15 is 0 Å². The van der Waals surface area contributed by atoms with Gasteiger partial charge in [0, 0.05) is 25.5 Å². The molecular formula is C12H15N3O4S. The van der Waals surface area contributed by atoms with Gasteiger partial charge in [-0.1, -0.05) is 0 Å². The number of carbonyl (C=O) groups is 3. The van der Waals surface area contributed by atoms with Crippen molar-refractivity contribution in [1.82, 2.24) is 15.6 Å². The first-order valence-corrected chi connectivity index (χ1v) is 6.96. The second kappa shape index (κ2) is 8.16. The van der Waals surface area contributed by atoms with E-state index in [1.54, 1.807) is 0 Å². The lowest BCUT2D eigenvalue weighted by Crippen LogP contribution is -2.26. The van der Waals surface area contributed by atoms with Crippen LogP contribution in [0.25, 0.3) is 0 Å². The number of nitrogens with zero attached hydrogens (tertiary/aromatic N) is 1. The van der Waals surface area contributed by atoms with Gasteiger partial charge in [0.1, 0.15) is 5.69 Å². The SMILES string of the molecule is CNC(=O)c1ccc(C(=O)NCCSCC(=O)O)cn1. The largest absolute Gasteiger partial charge is 0.481 e. The van der Waals surface area contributed by atoms with Gasteiger partial charge in [-0.25, -0.2) is 0 Å². The van der Waals surface area contributed by atoms with Crippen molar-refractivity contribution in [3.05, 3.63) is 29.6 Å². The fourth-order valence-corrected chi connectivity index (χ4v) is 1.85. The zero-order valence-electron chi connectivity index (χ0n) is 10.9. The van der Waals surface area contributed by atoms with Crippen molar-refractivity contribution < 1.29 is 19.5 Å². The number of hydrogen-bond donors (Lipinski definition) is 3. The number of nitrogens with one attached hydrogen (secondary N) is 2. The highest BCUT2D eigenvalue weighted by Crippen LogP contribution is 2.01. The molecule has 3 N–H and O–H groups in total. The second-order valence-electron chi connectivity index (χ2n) is 3.71. The molecule has 7 nitrogen and oxygen atoms in total. The fraction of sp³-hybridized carbons (Fsp3) is 0.333. The highest BCUT2D eigenvalue weighted by Gasteiger charge is 2.08. The maximum atomic E-state index is 11.7. The highest BCUT2D eigenvalue weighted by atomic mass is 32.2. The first kappa shape index (κ1) is 16.0. The van der Waals surface area contributed by atoms with Crippen LogP contribution in [0.15, 0.2) is 18.3 Å². The summed E-state index contributed by atoms with van der Waals surface area (Å²) in [5, 5.41) is 13.5. The molecule has 0 aliphatic heterocycles. The van der Waals surface area contributed by atoms with Crippen molar-refractivity contribution in [2.24, 2.45) is 0 Å². The molecule has 0 aliphatic rings. The average Bonchev–Trinajstić information content (AvgIpc) is 2.45. The molecule has 0 radical (unpaired) electrons. The molecule has 2 amide bonds. The molecule has 1 aromatic rings. The fourth-order valence-electron chi connectivity index (χ4n) is 1.29. The molecular weight excluding hydrogens is 282 g/mol. The van der Waals surface area contributed by atoms with E-state index in [0.717, 1.165) is 0 Å². The maximum Gasteiger partial charge on any atom is 0.313 e. The quantitative estimate of drug-likeness (QED) is 0.611. The molecule has 1 aromatic heterocycles. The van der Waals surface area contributed by atoms with Crippen molar-refractivity contribution in [2.45, 2.75) is 0 Å². The number of pyridine rings is 1. The molecule has 0 atom stereocenters. The molecule has 20 heavy (non-hydrogen) atoms. The molecule has 1 rings (SSSR count). The van der Waals surface area contributed by atoms with Crippen molar-refractivity contribution in [2.75, 3.05) is 25.1 Å². The van der Waals surface area contributed by atoms with E-state index in [0.29, 0.717) is 17.9 Å². The van der Waals surface area contributed by atoms with Gasteiger partial charge >= 0.3 is 5.97 Å². The van der Waals surface area contributed by atoms with E-state index in [1.165, 1.54) is 37.1 Å². The molecule has 1 heterocycles. The standard InChI is InChI=1S/C12H15N3O4S/c1-13-12(19)9-3-2-8(6-15-9)11(18)14-4-5-20-7-10(16)17/h2-3,6H,4-5,7H2,1H3,(H,13,19)(H,14,18)(H,16,17). The van der Waals surface area contributed by atoms with Crippen molar-refractivity contribution in [3.63, 3.8) is 0 Å². The van der Waals surface area contributed by atoms with Gasteiger partial charge in [-0.3, -0.25) is 19.4 Å². The Hall–Kier alpha value is -2.09. The van der Waals surface area contributed by atoms with E-state index in [9.17, 15) is 14.4 Å². The number of aliphatic carboxylic acids is 1. The Morgan fingerprint density at radius 3 is 2.60 bits per heavy atom. The lowest BCUT2D eigenvalue weighted by Gasteiger charge is -2.05.